The Balaban J connectivity index is 1.46. The molecule has 2 unspecified atom stereocenters. The van der Waals surface area contributed by atoms with Crippen LogP contribution in [0.1, 0.15) is 26.2 Å². The SMILES string of the molecule is CC1CC12CCCN(C(=O)/C=C/CN1CCOCC1)C2. The van der Waals surface area contributed by atoms with Crippen LogP contribution in [0.4, 0.5) is 0 Å². The summed E-state index contributed by atoms with van der Waals surface area (Å²) >= 11 is 0. The minimum absolute atomic E-state index is 0.205. The molecule has 0 aromatic rings. The quantitative estimate of drug-likeness (QED) is 0.734. The lowest BCUT2D eigenvalue weighted by atomic mass is 9.92. The molecular weight excluding hydrogens is 252 g/mol. The molecule has 2 heterocycles. The lowest BCUT2D eigenvalue weighted by Crippen LogP contribution is -2.40. The standard InChI is InChI=1S/C16H26N2O2/c1-14-12-16(14)5-3-7-18(13-16)15(19)4-2-6-17-8-10-20-11-9-17/h2,4,14H,3,5-13H2,1H3/b4-2+. The maximum atomic E-state index is 12.3. The van der Waals surface area contributed by atoms with Crippen LogP contribution in [0, 0.1) is 11.3 Å². The maximum Gasteiger partial charge on any atom is 0.246 e. The number of nitrogens with zero attached hydrogens (tertiary/aromatic N) is 2. The van der Waals surface area contributed by atoms with Gasteiger partial charge in [0.15, 0.2) is 0 Å². The molecule has 0 radical (unpaired) electrons. The van der Waals surface area contributed by atoms with E-state index in [0.29, 0.717) is 5.41 Å². The second kappa shape index (κ2) is 5.86. The fraction of sp³-hybridized carbons (Fsp3) is 0.812. The summed E-state index contributed by atoms with van der Waals surface area (Å²) in [6.07, 6.45) is 7.60. The molecule has 4 nitrogen and oxygen atoms in total. The van der Waals surface area contributed by atoms with Crippen LogP contribution in [-0.4, -0.2) is 61.6 Å². The van der Waals surface area contributed by atoms with E-state index in [1.165, 1.54) is 19.3 Å². The van der Waals surface area contributed by atoms with Gasteiger partial charge in [-0.1, -0.05) is 13.0 Å². The Bertz CT molecular complexity index is 390. The molecule has 2 aliphatic heterocycles. The van der Waals surface area contributed by atoms with Gasteiger partial charge in [0.25, 0.3) is 0 Å². The van der Waals surface area contributed by atoms with E-state index in [4.69, 9.17) is 4.74 Å². The Morgan fingerprint density at radius 2 is 2.10 bits per heavy atom. The predicted octanol–water partition coefficient (Wildman–Crippen LogP) is 1.52. The largest absolute Gasteiger partial charge is 0.379 e. The Morgan fingerprint density at radius 1 is 1.35 bits per heavy atom. The van der Waals surface area contributed by atoms with Crippen LogP contribution in [0.25, 0.3) is 0 Å². The van der Waals surface area contributed by atoms with Gasteiger partial charge in [-0.3, -0.25) is 9.69 Å². The Kier molecular flexibility index (Phi) is 4.13. The summed E-state index contributed by atoms with van der Waals surface area (Å²) in [5, 5.41) is 0. The van der Waals surface area contributed by atoms with E-state index in [9.17, 15) is 4.79 Å². The van der Waals surface area contributed by atoms with E-state index >= 15 is 0 Å². The van der Waals surface area contributed by atoms with Crippen molar-refractivity contribution < 1.29 is 9.53 Å². The Labute approximate surface area is 121 Å². The summed E-state index contributed by atoms with van der Waals surface area (Å²) < 4.78 is 5.32. The van der Waals surface area contributed by atoms with Gasteiger partial charge in [-0.05, 0) is 30.6 Å². The van der Waals surface area contributed by atoms with E-state index in [1.807, 2.05) is 6.08 Å². The number of hydrogen-bond donors (Lipinski definition) is 0. The van der Waals surface area contributed by atoms with E-state index in [2.05, 4.69) is 16.7 Å². The summed E-state index contributed by atoms with van der Waals surface area (Å²) in [6.45, 7) is 8.69. The highest BCUT2D eigenvalue weighted by Gasteiger charge is 2.53. The maximum absolute atomic E-state index is 12.3. The summed E-state index contributed by atoms with van der Waals surface area (Å²) in [4.78, 5) is 16.6. The second-order valence-corrected chi connectivity index (χ2v) is 6.65. The van der Waals surface area contributed by atoms with Gasteiger partial charge in [-0.15, -0.1) is 0 Å². The van der Waals surface area contributed by atoms with Crippen molar-refractivity contribution >= 4 is 5.91 Å². The molecule has 0 aromatic carbocycles. The number of amides is 1. The molecule has 2 atom stereocenters. The predicted molar refractivity (Wildman–Crippen MR) is 78.4 cm³/mol. The number of hydrogen-bond acceptors (Lipinski definition) is 3. The molecule has 20 heavy (non-hydrogen) atoms. The molecule has 4 heteroatoms. The van der Waals surface area contributed by atoms with Crippen molar-refractivity contribution in [3.05, 3.63) is 12.2 Å². The first-order valence-corrected chi connectivity index (χ1v) is 7.95. The van der Waals surface area contributed by atoms with Gasteiger partial charge in [0.05, 0.1) is 13.2 Å². The third-order valence-corrected chi connectivity index (χ3v) is 5.25. The molecule has 1 amide bonds. The van der Waals surface area contributed by atoms with Gasteiger partial charge >= 0.3 is 0 Å². The Morgan fingerprint density at radius 3 is 2.80 bits per heavy atom. The smallest absolute Gasteiger partial charge is 0.246 e. The zero-order chi connectivity index (χ0) is 14.0. The third-order valence-electron chi connectivity index (χ3n) is 5.25. The lowest BCUT2D eigenvalue weighted by Gasteiger charge is -2.33. The molecule has 3 fully saturated rings. The number of ether oxygens (including phenoxy) is 1. The third kappa shape index (κ3) is 3.07. The number of morpholine rings is 1. The molecule has 3 rings (SSSR count). The first-order chi connectivity index (χ1) is 9.70. The average molecular weight is 278 g/mol. The van der Waals surface area contributed by atoms with Crippen LogP contribution < -0.4 is 0 Å². The number of carbonyl (C=O) groups is 1. The normalized spacial score (nSPS) is 34.9. The number of rotatable bonds is 3. The van der Waals surface area contributed by atoms with Crippen LogP contribution in [-0.2, 0) is 9.53 Å². The molecule has 112 valence electrons. The first-order valence-electron chi connectivity index (χ1n) is 7.95. The van der Waals surface area contributed by atoms with Crippen molar-refractivity contribution in [2.24, 2.45) is 11.3 Å². The highest BCUT2D eigenvalue weighted by molar-refractivity contribution is 5.87. The molecule has 1 spiro atoms. The van der Waals surface area contributed by atoms with Crippen LogP contribution in [0.5, 0.6) is 0 Å². The van der Waals surface area contributed by atoms with Crippen molar-refractivity contribution in [2.75, 3.05) is 45.9 Å². The first kappa shape index (κ1) is 14.1. The average Bonchev–Trinajstić information content (AvgIpc) is 3.08. The molecule has 1 aliphatic carbocycles. The topological polar surface area (TPSA) is 32.8 Å². The molecule has 3 aliphatic rings. The molecule has 0 bridgehead atoms. The number of carbonyl (C=O) groups excluding carboxylic acids is 1. The highest BCUT2D eigenvalue weighted by atomic mass is 16.5. The second-order valence-electron chi connectivity index (χ2n) is 6.65. The van der Waals surface area contributed by atoms with E-state index < -0.39 is 0 Å². The van der Waals surface area contributed by atoms with Crippen LogP contribution in [0.3, 0.4) is 0 Å². The summed E-state index contributed by atoms with van der Waals surface area (Å²) in [6, 6.07) is 0. The summed E-state index contributed by atoms with van der Waals surface area (Å²) in [7, 11) is 0. The van der Waals surface area contributed by atoms with Gasteiger partial charge in [-0.25, -0.2) is 0 Å². The molecule has 0 aromatic heterocycles. The van der Waals surface area contributed by atoms with E-state index in [0.717, 1.165) is 51.9 Å². The fourth-order valence-corrected chi connectivity index (χ4v) is 3.66. The van der Waals surface area contributed by atoms with Gasteiger partial charge in [-0.2, -0.15) is 0 Å². The van der Waals surface area contributed by atoms with Gasteiger partial charge in [0, 0.05) is 38.8 Å². The van der Waals surface area contributed by atoms with Crippen molar-refractivity contribution in [2.45, 2.75) is 26.2 Å². The van der Waals surface area contributed by atoms with Crippen molar-refractivity contribution in [1.29, 1.82) is 0 Å². The fourth-order valence-electron chi connectivity index (χ4n) is 3.66. The molecule has 0 N–H and O–H groups in total. The summed E-state index contributed by atoms with van der Waals surface area (Å²) in [5.74, 6) is 1.02. The van der Waals surface area contributed by atoms with E-state index in [-0.39, 0.29) is 5.91 Å². The van der Waals surface area contributed by atoms with Gasteiger partial charge < -0.3 is 9.64 Å². The molecular formula is C16H26N2O2. The Hall–Kier alpha value is -0.870. The zero-order valence-corrected chi connectivity index (χ0v) is 12.5. The van der Waals surface area contributed by atoms with E-state index in [1.54, 1.807) is 6.08 Å². The number of likely N-dealkylation sites (tertiary alicyclic amines) is 1. The van der Waals surface area contributed by atoms with Crippen LogP contribution in [0.2, 0.25) is 0 Å². The lowest BCUT2D eigenvalue weighted by molar-refractivity contribution is -0.128. The van der Waals surface area contributed by atoms with Crippen LogP contribution >= 0.6 is 0 Å². The van der Waals surface area contributed by atoms with Crippen LogP contribution in [0.15, 0.2) is 12.2 Å². The summed E-state index contributed by atoms with van der Waals surface area (Å²) in [5.41, 5.74) is 0.478. The van der Waals surface area contributed by atoms with Crippen molar-refractivity contribution in [1.82, 2.24) is 9.80 Å². The zero-order valence-electron chi connectivity index (χ0n) is 12.5. The van der Waals surface area contributed by atoms with Crippen molar-refractivity contribution in [3.63, 3.8) is 0 Å². The van der Waals surface area contributed by atoms with Gasteiger partial charge in [0.2, 0.25) is 5.91 Å². The monoisotopic (exact) mass is 278 g/mol. The van der Waals surface area contributed by atoms with Crippen molar-refractivity contribution in [3.8, 4) is 0 Å². The molecule has 2 saturated heterocycles. The minimum Gasteiger partial charge on any atom is -0.379 e. The number of piperidine rings is 1. The van der Waals surface area contributed by atoms with Gasteiger partial charge in [0.1, 0.15) is 0 Å². The molecule has 1 saturated carbocycles. The highest BCUT2D eigenvalue weighted by Crippen LogP contribution is 2.57. The minimum atomic E-state index is 0.205.